The van der Waals surface area contributed by atoms with Crippen LogP contribution in [0.4, 0.5) is 5.69 Å². The zero-order valence-corrected chi connectivity index (χ0v) is 19.8. The van der Waals surface area contributed by atoms with Gasteiger partial charge in [0.15, 0.2) is 5.78 Å². The van der Waals surface area contributed by atoms with Gasteiger partial charge >= 0.3 is 0 Å². The average Bonchev–Trinajstić information content (AvgIpc) is 2.81. The Hall–Kier alpha value is -3.30. The minimum Gasteiger partial charge on any atom is -0.293 e. The second-order valence-electron chi connectivity index (χ2n) is 7.56. The number of hydrogen-bond acceptors (Lipinski definition) is 6. The molecule has 2 N–H and O–H groups in total. The fraction of sp³-hybridized carbons (Fsp3) is 0.292. The molecule has 0 saturated carbocycles. The van der Waals surface area contributed by atoms with E-state index in [9.17, 15) is 18.0 Å². The number of aromatic nitrogens is 2. The number of aryl methyl sites for hydroxylation is 1. The van der Waals surface area contributed by atoms with Crippen LogP contribution in [0.5, 0.6) is 0 Å². The molecule has 0 aliphatic carbocycles. The molecule has 1 heterocycles. The second kappa shape index (κ2) is 10.5. The quantitative estimate of drug-likeness (QED) is 0.347. The van der Waals surface area contributed by atoms with Crippen LogP contribution < -0.4 is 15.7 Å². The highest BCUT2D eigenvalue weighted by Gasteiger charge is 2.21. The SMILES string of the molecule is CCCCNS(=O)(=O)c1cccc(Nn2c(C(C)=O)c(-c3ccccc3)nc(CC)c2=O)c1. The minimum atomic E-state index is -3.70. The number of carbonyl (C=O) groups is 1. The fourth-order valence-corrected chi connectivity index (χ4v) is 4.48. The van der Waals surface area contributed by atoms with Crippen molar-refractivity contribution in [1.29, 1.82) is 0 Å². The number of carbonyl (C=O) groups excluding carboxylic acids is 1. The van der Waals surface area contributed by atoms with E-state index in [0.29, 0.717) is 29.9 Å². The third-order valence-corrected chi connectivity index (χ3v) is 6.53. The fourth-order valence-electron chi connectivity index (χ4n) is 3.36. The standard InChI is InChI=1S/C24H28N4O4S/c1-4-6-15-25-33(31,32)20-14-10-13-19(16-20)27-28-23(17(3)29)22(18-11-8-7-9-12-18)26-21(5-2)24(28)30/h7-14,16,25,27H,4-6,15H2,1-3H3. The number of ketones is 1. The Balaban J connectivity index is 2.11. The first kappa shape index (κ1) is 24.3. The molecule has 0 aliphatic heterocycles. The van der Waals surface area contributed by atoms with Gasteiger partial charge in [0.05, 0.1) is 10.6 Å². The van der Waals surface area contributed by atoms with Crippen molar-refractivity contribution < 1.29 is 13.2 Å². The Labute approximate surface area is 193 Å². The molecule has 0 unspecified atom stereocenters. The molecule has 0 saturated heterocycles. The smallest absolute Gasteiger partial charge is 0.291 e. The van der Waals surface area contributed by atoms with Crippen molar-refractivity contribution in [3.63, 3.8) is 0 Å². The first-order chi connectivity index (χ1) is 15.8. The summed E-state index contributed by atoms with van der Waals surface area (Å²) in [4.78, 5) is 30.3. The third-order valence-electron chi connectivity index (χ3n) is 5.07. The molecule has 8 nitrogen and oxygen atoms in total. The summed E-state index contributed by atoms with van der Waals surface area (Å²) in [5, 5.41) is 0. The van der Waals surface area contributed by atoms with E-state index in [1.165, 1.54) is 19.1 Å². The van der Waals surface area contributed by atoms with Gasteiger partial charge in [-0.25, -0.2) is 22.8 Å². The summed E-state index contributed by atoms with van der Waals surface area (Å²) in [6, 6.07) is 15.3. The van der Waals surface area contributed by atoms with Gasteiger partial charge in [0, 0.05) is 19.0 Å². The maximum atomic E-state index is 13.1. The van der Waals surface area contributed by atoms with Crippen molar-refractivity contribution in [1.82, 2.24) is 14.4 Å². The molecule has 2 aromatic carbocycles. The maximum absolute atomic E-state index is 13.1. The molecule has 1 aromatic heterocycles. The number of sulfonamides is 1. The summed E-state index contributed by atoms with van der Waals surface area (Å²) in [7, 11) is -3.70. The molecule has 0 fully saturated rings. The van der Waals surface area contributed by atoms with Gasteiger partial charge in [-0.15, -0.1) is 0 Å². The van der Waals surface area contributed by atoms with Gasteiger partial charge in [-0.3, -0.25) is 15.0 Å². The number of unbranched alkanes of at least 4 members (excludes halogenated alkanes) is 1. The molecule has 0 bridgehead atoms. The molecule has 0 atom stereocenters. The largest absolute Gasteiger partial charge is 0.293 e. The molecule has 0 radical (unpaired) electrons. The van der Waals surface area contributed by atoms with Crippen molar-refractivity contribution in [2.75, 3.05) is 12.0 Å². The third kappa shape index (κ3) is 5.55. The summed E-state index contributed by atoms with van der Waals surface area (Å²) in [5.41, 5.74) is 4.30. The summed E-state index contributed by atoms with van der Waals surface area (Å²) < 4.78 is 29.0. The van der Waals surface area contributed by atoms with Crippen molar-refractivity contribution in [3.8, 4) is 11.3 Å². The molecule has 0 spiro atoms. The number of rotatable bonds is 10. The Morgan fingerprint density at radius 2 is 1.79 bits per heavy atom. The van der Waals surface area contributed by atoms with E-state index in [0.717, 1.165) is 17.5 Å². The Kier molecular flexibility index (Phi) is 7.78. The topological polar surface area (TPSA) is 110 Å². The van der Waals surface area contributed by atoms with E-state index in [1.807, 2.05) is 44.2 Å². The van der Waals surface area contributed by atoms with E-state index >= 15 is 0 Å². The number of nitrogens with zero attached hydrogens (tertiary/aromatic N) is 2. The van der Waals surface area contributed by atoms with E-state index in [1.54, 1.807) is 12.1 Å². The van der Waals surface area contributed by atoms with Crippen LogP contribution in [0.3, 0.4) is 0 Å². The van der Waals surface area contributed by atoms with E-state index < -0.39 is 15.6 Å². The van der Waals surface area contributed by atoms with Crippen LogP contribution in [0.1, 0.15) is 49.8 Å². The van der Waals surface area contributed by atoms with Gasteiger partial charge in [0.25, 0.3) is 5.56 Å². The van der Waals surface area contributed by atoms with Gasteiger partial charge < -0.3 is 0 Å². The van der Waals surface area contributed by atoms with E-state index in [2.05, 4.69) is 15.1 Å². The van der Waals surface area contributed by atoms with Crippen LogP contribution in [-0.4, -0.2) is 30.4 Å². The summed E-state index contributed by atoms with van der Waals surface area (Å²) in [6.45, 7) is 5.50. The van der Waals surface area contributed by atoms with Crippen molar-refractivity contribution in [2.45, 2.75) is 44.9 Å². The Bertz CT molecular complexity index is 1300. The van der Waals surface area contributed by atoms with Gasteiger partial charge in [0.2, 0.25) is 10.0 Å². The average molecular weight is 469 g/mol. The molecular weight excluding hydrogens is 440 g/mol. The second-order valence-corrected chi connectivity index (χ2v) is 9.33. The van der Waals surface area contributed by atoms with Gasteiger partial charge in [-0.2, -0.15) is 0 Å². The predicted octanol–water partition coefficient (Wildman–Crippen LogP) is 3.63. The summed E-state index contributed by atoms with van der Waals surface area (Å²) in [5.74, 6) is -0.349. The molecule has 3 aromatic rings. The lowest BCUT2D eigenvalue weighted by atomic mass is 10.1. The first-order valence-electron chi connectivity index (χ1n) is 10.9. The molecule has 33 heavy (non-hydrogen) atoms. The van der Waals surface area contributed by atoms with Crippen LogP contribution in [0.25, 0.3) is 11.3 Å². The Morgan fingerprint density at radius 1 is 1.06 bits per heavy atom. The monoisotopic (exact) mass is 468 g/mol. The van der Waals surface area contributed by atoms with Gasteiger partial charge in [0.1, 0.15) is 17.1 Å². The number of benzene rings is 2. The molecule has 0 aliphatic rings. The molecule has 3 rings (SSSR count). The van der Waals surface area contributed by atoms with Gasteiger partial charge in [-0.05, 0) is 31.0 Å². The van der Waals surface area contributed by atoms with E-state index in [4.69, 9.17) is 0 Å². The van der Waals surface area contributed by atoms with Crippen LogP contribution in [0, 0.1) is 0 Å². The number of nitrogens with one attached hydrogen (secondary N) is 2. The summed E-state index contributed by atoms with van der Waals surface area (Å²) >= 11 is 0. The molecular formula is C24H28N4O4S. The lowest BCUT2D eigenvalue weighted by Crippen LogP contribution is -2.35. The van der Waals surface area contributed by atoms with Crippen LogP contribution in [0.2, 0.25) is 0 Å². The number of hydrogen-bond donors (Lipinski definition) is 2. The van der Waals surface area contributed by atoms with Crippen molar-refractivity contribution in [2.24, 2.45) is 0 Å². The lowest BCUT2D eigenvalue weighted by molar-refractivity contribution is 0.100. The number of anilines is 1. The minimum absolute atomic E-state index is 0.0640. The van der Waals surface area contributed by atoms with Crippen LogP contribution >= 0.6 is 0 Å². The molecule has 9 heteroatoms. The first-order valence-corrected chi connectivity index (χ1v) is 12.4. The Morgan fingerprint density at radius 3 is 2.42 bits per heavy atom. The molecule has 0 amide bonds. The van der Waals surface area contributed by atoms with E-state index in [-0.39, 0.29) is 22.1 Å². The lowest BCUT2D eigenvalue weighted by Gasteiger charge is -2.18. The maximum Gasteiger partial charge on any atom is 0.291 e. The highest BCUT2D eigenvalue weighted by atomic mass is 32.2. The van der Waals surface area contributed by atoms with Crippen LogP contribution in [0.15, 0.2) is 64.3 Å². The predicted molar refractivity (Wildman–Crippen MR) is 129 cm³/mol. The highest BCUT2D eigenvalue weighted by Crippen LogP contribution is 2.23. The van der Waals surface area contributed by atoms with Crippen molar-refractivity contribution >= 4 is 21.5 Å². The highest BCUT2D eigenvalue weighted by molar-refractivity contribution is 7.89. The van der Waals surface area contributed by atoms with Crippen molar-refractivity contribution in [3.05, 3.63) is 76.3 Å². The van der Waals surface area contributed by atoms with Crippen LogP contribution in [-0.2, 0) is 16.4 Å². The zero-order chi connectivity index (χ0) is 24.0. The van der Waals surface area contributed by atoms with Gasteiger partial charge in [-0.1, -0.05) is 56.7 Å². The normalized spacial score (nSPS) is 11.4. The zero-order valence-electron chi connectivity index (χ0n) is 19.0. The number of Topliss-reactive ketones (excluding diaryl/α,β-unsaturated/α-hetero) is 1. The summed E-state index contributed by atoms with van der Waals surface area (Å²) in [6.07, 6.45) is 1.97. The molecule has 174 valence electrons.